The molecule has 8 aromatic carbocycles. The Hall–Kier alpha value is -7.90. The first kappa shape index (κ1) is 53.5. The van der Waals surface area contributed by atoms with E-state index in [0.29, 0.717) is 11.8 Å². The molecule has 0 N–H and O–H groups in total. The van der Waals surface area contributed by atoms with Crippen LogP contribution < -0.4 is 9.13 Å². The topological polar surface area (TPSA) is 132 Å². The first-order valence-electron chi connectivity index (χ1n) is 24.7. The largest absolute Gasteiger partial charge is 0.741 e. The molecule has 18 heteroatoms. The SMILES string of the molecule is O=S(=O)([O-])C(F)(F)F.O=S(=O)([O-])C(F)(F)F.c1ccc(C(c2ccccc2)n2c[n+](CC3C4c5ccccc5C(c5ccccc54)C3C[n+]3cn(C(c4ccccc4)c4ccccc4)c4ccccc43)c3ccccc32)cc1. The summed E-state index contributed by atoms with van der Waals surface area (Å²) >= 11 is 0. The lowest BCUT2D eigenvalue weighted by molar-refractivity contribution is -0.697. The lowest BCUT2D eigenvalue weighted by atomic mass is 9.54. The summed E-state index contributed by atoms with van der Waals surface area (Å²) in [6.07, 6.45) is 4.85. The van der Waals surface area contributed by atoms with Gasteiger partial charge in [0.15, 0.2) is 54.4 Å². The summed E-state index contributed by atoms with van der Waals surface area (Å²) in [6.45, 7) is 1.79. The van der Waals surface area contributed by atoms with E-state index < -0.39 is 31.3 Å². The van der Waals surface area contributed by atoms with Crippen LogP contribution in [0.2, 0.25) is 0 Å². The summed E-state index contributed by atoms with van der Waals surface area (Å²) in [5.41, 5.74) is 4.82. The molecule has 2 bridgehead atoms. The van der Waals surface area contributed by atoms with Gasteiger partial charge in [-0.3, -0.25) is 0 Å². The molecule has 0 saturated carbocycles. The van der Waals surface area contributed by atoms with Crippen LogP contribution in [0.5, 0.6) is 0 Å². The molecular formula is C60H48F6N4O6S2. The van der Waals surface area contributed by atoms with E-state index in [0.717, 1.165) is 13.1 Å². The molecule has 3 aliphatic rings. The Morgan fingerprint density at radius 1 is 0.385 bits per heavy atom. The highest BCUT2D eigenvalue weighted by Gasteiger charge is 2.52. The lowest BCUT2D eigenvalue weighted by Gasteiger charge is -2.49. The van der Waals surface area contributed by atoms with E-state index in [2.05, 4.69) is 249 Å². The monoisotopic (exact) mass is 1100 g/mol. The highest BCUT2D eigenvalue weighted by Crippen LogP contribution is 2.58. The van der Waals surface area contributed by atoms with Gasteiger partial charge in [-0.25, -0.2) is 35.1 Å². The predicted octanol–water partition coefficient (Wildman–Crippen LogP) is 11.8. The van der Waals surface area contributed by atoms with E-state index in [1.54, 1.807) is 0 Å². The molecule has 13 rings (SSSR count). The number of hydrogen-bond acceptors (Lipinski definition) is 6. The van der Waals surface area contributed by atoms with Gasteiger partial charge in [-0.05, 0) is 46.5 Å². The Bertz CT molecular complexity index is 3570. The van der Waals surface area contributed by atoms with Crippen LogP contribution in [0.4, 0.5) is 26.3 Å². The number of benzene rings is 8. The second kappa shape index (κ2) is 21.5. The van der Waals surface area contributed by atoms with Crippen molar-refractivity contribution in [3.05, 3.63) is 276 Å². The summed E-state index contributed by atoms with van der Waals surface area (Å²) in [5, 5.41) is 0. The fraction of sp³-hybridized carbons (Fsp3) is 0.167. The number of hydrogen-bond donors (Lipinski definition) is 0. The molecular weight excluding hydrogens is 1050 g/mol. The van der Waals surface area contributed by atoms with Gasteiger partial charge in [-0.15, -0.1) is 0 Å². The smallest absolute Gasteiger partial charge is 0.485 e. The van der Waals surface area contributed by atoms with Crippen LogP contribution in [0.1, 0.15) is 68.4 Å². The zero-order valence-electron chi connectivity index (χ0n) is 41.1. The summed E-state index contributed by atoms with van der Waals surface area (Å²) < 4.78 is 128. The molecule has 2 aromatic heterocycles. The first-order valence-corrected chi connectivity index (χ1v) is 27.5. The minimum absolute atomic E-state index is 0.0347. The molecule has 0 spiro atoms. The molecule has 398 valence electrons. The van der Waals surface area contributed by atoms with Gasteiger partial charge in [0.25, 0.3) is 0 Å². The second-order valence-electron chi connectivity index (χ2n) is 19.1. The van der Waals surface area contributed by atoms with Crippen molar-refractivity contribution in [3.63, 3.8) is 0 Å². The maximum absolute atomic E-state index is 10.7. The standard InChI is InChI=1S/C58H48N4.2CHF3O3S/c1-5-21-41(22-6-1)57(42-23-7-2-8-24-42)61-39-59(51-33-17-19-35-53(51)61)37-49-50(56-47-31-15-13-29-45(47)55(49)46-30-14-16-32-48(46)56)38-60-40-62(54-36-20-18-34-52(54)60)58(43-25-9-3-10-26-43)44-27-11-4-12-28-44;2*2-1(3,4)8(5,6)7/h1-36,39-40,49-50,55-58H,37-38H2;2*(H,5,6,7)/q+2;;/p-2. The van der Waals surface area contributed by atoms with Crippen molar-refractivity contribution in [1.29, 1.82) is 0 Å². The van der Waals surface area contributed by atoms with Gasteiger partial charge in [0.05, 0.1) is 13.1 Å². The number of fused-ring (bicyclic) bond motifs is 3. The summed E-state index contributed by atoms with van der Waals surface area (Å²) in [5.74, 6) is 1.19. The Balaban J connectivity index is 0.000000377. The molecule has 10 aromatic rings. The highest BCUT2D eigenvalue weighted by molar-refractivity contribution is 7.86. The van der Waals surface area contributed by atoms with E-state index in [-0.39, 0.29) is 23.9 Å². The van der Waals surface area contributed by atoms with Gasteiger partial charge in [0, 0.05) is 45.9 Å². The number of halogens is 6. The van der Waals surface area contributed by atoms with Crippen LogP contribution in [0.15, 0.2) is 231 Å². The quantitative estimate of drug-likeness (QED) is 0.0580. The van der Waals surface area contributed by atoms with Crippen molar-refractivity contribution in [1.82, 2.24) is 9.13 Å². The number of aromatic nitrogens is 4. The van der Waals surface area contributed by atoms with Crippen molar-refractivity contribution < 1.29 is 61.4 Å². The van der Waals surface area contributed by atoms with Crippen LogP contribution in [-0.2, 0) is 33.3 Å². The van der Waals surface area contributed by atoms with Crippen LogP contribution in [0.3, 0.4) is 0 Å². The van der Waals surface area contributed by atoms with Crippen molar-refractivity contribution in [2.75, 3.05) is 0 Å². The Morgan fingerprint density at radius 3 is 0.872 bits per heavy atom. The van der Waals surface area contributed by atoms with E-state index in [9.17, 15) is 26.3 Å². The first-order chi connectivity index (χ1) is 37.3. The molecule has 10 nitrogen and oxygen atoms in total. The molecule has 0 fully saturated rings. The van der Waals surface area contributed by atoms with E-state index >= 15 is 0 Å². The zero-order chi connectivity index (χ0) is 55.0. The van der Waals surface area contributed by atoms with Crippen molar-refractivity contribution >= 4 is 42.3 Å². The molecule has 2 unspecified atom stereocenters. The molecule has 2 heterocycles. The van der Waals surface area contributed by atoms with Crippen LogP contribution in [0.25, 0.3) is 22.1 Å². The number of para-hydroxylation sites is 4. The van der Waals surface area contributed by atoms with Crippen LogP contribution in [-0.4, -0.2) is 46.1 Å². The highest BCUT2D eigenvalue weighted by atomic mass is 32.2. The van der Waals surface area contributed by atoms with Crippen LogP contribution >= 0.6 is 0 Å². The lowest BCUT2D eigenvalue weighted by Crippen LogP contribution is -2.52. The summed E-state index contributed by atoms with van der Waals surface area (Å²) in [7, 11) is -12.2. The number of nitrogens with zero attached hydrogens (tertiary/aromatic N) is 4. The minimum Gasteiger partial charge on any atom is -0.741 e. The van der Waals surface area contributed by atoms with Gasteiger partial charge >= 0.3 is 11.0 Å². The van der Waals surface area contributed by atoms with Crippen molar-refractivity contribution in [2.45, 2.75) is 48.0 Å². The van der Waals surface area contributed by atoms with Gasteiger partial charge < -0.3 is 9.11 Å². The third kappa shape index (κ3) is 10.6. The van der Waals surface area contributed by atoms with Gasteiger partial charge in [-0.2, -0.15) is 26.3 Å². The maximum atomic E-state index is 10.7. The minimum atomic E-state index is -6.09. The van der Waals surface area contributed by atoms with Crippen molar-refractivity contribution in [3.8, 4) is 0 Å². The number of rotatable bonds is 10. The number of imidazole rings is 2. The fourth-order valence-electron chi connectivity index (χ4n) is 11.5. The second-order valence-corrected chi connectivity index (χ2v) is 21.9. The zero-order valence-corrected chi connectivity index (χ0v) is 42.8. The molecule has 0 saturated heterocycles. The number of alkyl halides is 6. The average molecular weight is 1100 g/mol. The summed E-state index contributed by atoms with van der Waals surface area (Å²) in [4.78, 5) is 0. The van der Waals surface area contributed by atoms with E-state index in [1.165, 1.54) is 66.6 Å². The average Bonchev–Trinajstić information content (AvgIpc) is 3.97. The molecule has 0 radical (unpaired) electrons. The third-order valence-corrected chi connectivity index (χ3v) is 15.7. The predicted molar refractivity (Wildman–Crippen MR) is 280 cm³/mol. The Kier molecular flexibility index (Phi) is 14.7. The summed E-state index contributed by atoms with van der Waals surface area (Å²) in [6, 6.07) is 80.8. The molecule has 2 atom stereocenters. The molecule has 3 aliphatic carbocycles. The van der Waals surface area contributed by atoms with Gasteiger partial charge in [-0.1, -0.05) is 194 Å². The Labute approximate surface area is 446 Å². The molecule has 78 heavy (non-hydrogen) atoms. The maximum Gasteiger partial charge on any atom is 0.485 e. The van der Waals surface area contributed by atoms with Crippen LogP contribution in [0, 0.1) is 11.8 Å². The van der Waals surface area contributed by atoms with E-state index in [1.807, 2.05) is 0 Å². The fourth-order valence-corrected chi connectivity index (χ4v) is 11.5. The third-order valence-electron chi connectivity index (χ3n) is 14.6. The normalized spacial score (nSPS) is 17.0. The van der Waals surface area contributed by atoms with Gasteiger partial charge in [0.1, 0.15) is 0 Å². The van der Waals surface area contributed by atoms with Crippen molar-refractivity contribution in [2.24, 2.45) is 11.8 Å². The molecule has 0 amide bonds. The molecule has 0 aliphatic heterocycles. The Morgan fingerprint density at radius 2 is 0.615 bits per heavy atom. The van der Waals surface area contributed by atoms with E-state index in [4.69, 9.17) is 25.9 Å². The van der Waals surface area contributed by atoms with Gasteiger partial charge in [0.2, 0.25) is 12.7 Å².